The highest BCUT2D eigenvalue weighted by Gasteiger charge is 2.23. The van der Waals surface area contributed by atoms with Gasteiger partial charge < -0.3 is 4.74 Å². The lowest BCUT2D eigenvalue weighted by Gasteiger charge is -2.21. The monoisotopic (exact) mass is 423 g/mol. The van der Waals surface area contributed by atoms with Gasteiger partial charge in [-0.15, -0.1) is 0 Å². The zero-order valence-corrected chi connectivity index (χ0v) is 16.8. The molecule has 0 amide bonds. The Morgan fingerprint density at radius 3 is 2.48 bits per heavy atom. The van der Waals surface area contributed by atoms with Crippen LogP contribution in [0.25, 0.3) is 0 Å². The van der Waals surface area contributed by atoms with Gasteiger partial charge in [-0.2, -0.15) is 4.31 Å². The molecule has 0 heterocycles. The van der Waals surface area contributed by atoms with Gasteiger partial charge in [-0.25, -0.2) is 8.42 Å². The molecule has 0 radical (unpaired) electrons. The van der Waals surface area contributed by atoms with Gasteiger partial charge >= 0.3 is 0 Å². The van der Waals surface area contributed by atoms with Crippen LogP contribution in [0.15, 0.2) is 65.6 Å². The molecule has 134 valence electrons. The summed E-state index contributed by atoms with van der Waals surface area (Å²) in [4.78, 5) is 0.299. The van der Waals surface area contributed by atoms with E-state index in [4.69, 9.17) is 4.74 Å². The fourth-order valence-corrected chi connectivity index (χ4v) is 3.98. The number of ether oxygens (including phenoxy) is 1. The molecule has 4 nitrogen and oxygen atoms in total. The summed E-state index contributed by atoms with van der Waals surface area (Å²) in [6.45, 7) is 2.52. The van der Waals surface area contributed by atoms with Gasteiger partial charge in [0.2, 0.25) is 10.0 Å². The molecule has 2 rings (SSSR count). The van der Waals surface area contributed by atoms with E-state index in [1.165, 1.54) is 4.31 Å². The molecule has 2 aromatic carbocycles. The minimum absolute atomic E-state index is 0.278. The van der Waals surface area contributed by atoms with Gasteiger partial charge in [0.05, 0.1) is 12.0 Å². The van der Waals surface area contributed by atoms with Crippen LogP contribution < -0.4 is 4.74 Å². The Hall–Kier alpha value is -1.63. The summed E-state index contributed by atoms with van der Waals surface area (Å²) in [5.41, 5.74) is 1.90. The minimum atomic E-state index is -3.59. The van der Waals surface area contributed by atoms with Crippen molar-refractivity contribution >= 4 is 26.0 Å². The average Bonchev–Trinajstić information content (AvgIpc) is 2.61. The fraction of sp³-hybridized carbons (Fsp3) is 0.263. The number of benzene rings is 2. The van der Waals surface area contributed by atoms with Crippen molar-refractivity contribution in [2.75, 3.05) is 19.0 Å². The number of halogens is 1. The number of hydrogen-bond acceptors (Lipinski definition) is 3. The molecule has 2 aromatic rings. The van der Waals surface area contributed by atoms with Crippen LogP contribution in [0.1, 0.15) is 11.1 Å². The second-order valence-corrected chi connectivity index (χ2v) is 8.17. The molecule has 0 aliphatic rings. The van der Waals surface area contributed by atoms with Crippen LogP contribution in [0.4, 0.5) is 0 Å². The quantitative estimate of drug-likeness (QED) is 0.473. The Morgan fingerprint density at radius 2 is 1.84 bits per heavy atom. The number of nitrogens with zero attached hydrogens (tertiary/aromatic N) is 1. The number of hydrogen-bond donors (Lipinski definition) is 0. The molecule has 6 heteroatoms. The molecule has 0 bridgehead atoms. The molecular weight excluding hydrogens is 402 g/mol. The molecule has 0 N–H and O–H groups in total. The van der Waals surface area contributed by atoms with Crippen molar-refractivity contribution < 1.29 is 13.2 Å². The topological polar surface area (TPSA) is 46.6 Å². The summed E-state index contributed by atoms with van der Waals surface area (Å²) in [6, 6.07) is 14.4. The molecule has 0 fully saturated rings. The van der Waals surface area contributed by atoms with E-state index in [-0.39, 0.29) is 6.54 Å². The van der Waals surface area contributed by atoms with Gasteiger partial charge in [-0.05, 0) is 36.8 Å². The highest BCUT2D eigenvalue weighted by Crippen LogP contribution is 2.21. The Balaban J connectivity index is 2.33. The maximum absolute atomic E-state index is 13.0. The zero-order chi connectivity index (χ0) is 18.3. The average molecular weight is 424 g/mol. The van der Waals surface area contributed by atoms with E-state index in [0.29, 0.717) is 22.5 Å². The van der Waals surface area contributed by atoms with Crippen molar-refractivity contribution in [1.29, 1.82) is 0 Å². The molecule has 0 aliphatic carbocycles. The van der Waals surface area contributed by atoms with Gasteiger partial charge in [0.25, 0.3) is 0 Å². The highest BCUT2D eigenvalue weighted by molar-refractivity contribution is 9.09. The number of alkyl halides is 1. The summed E-state index contributed by atoms with van der Waals surface area (Å²) < 4.78 is 32.8. The summed E-state index contributed by atoms with van der Waals surface area (Å²) in [5.74, 6) is 0.709. The van der Waals surface area contributed by atoms with E-state index in [2.05, 4.69) is 15.9 Å². The van der Waals surface area contributed by atoms with Gasteiger partial charge in [-0.1, -0.05) is 57.9 Å². The number of sulfonamides is 1. The van der Waals surface area contributed by atoms with Gasteiger partial charge in [0.15, 0.2) is 0 Å². The summed E-state index contributed by atoms with van der Waals surface area (Å²) >= 11 is 3.32. The molecule has 0 aromatic heterocycles. The minimum Gasteiger partial charge on any atom is -0.497 e. The lowest BCUT2D eigenvalue weighted by Crippen LogP contribution is -2.31. The van der Waals surface area contributed by atoms with Gasteiger partial charge in [-0.3, -0.25) is 0 Å². The predicted octanol–water partition coefficient (Wildman–Crippen LogP) is 4.15. The van der Waals surface area contributed by atoms with Crippen LogP contribution in [-0.2, 0) is 16.6 Å². The second-order valence-electron chi connectivity index (χ2n) is 5.59. The van der Waals surface area contributed by atoms with Crippen molar-refractivity contribution in [2.45, 2.75) is 18.4 Å². The van der Waals surface area contributed by atoms with E-state index in [0.717, 1.165) is 11.1 Å². The van der Waals surface area contributed by atoms with E-state index in [9.17, 15) is 8.42 Å². The number of allylic oxidation sites excluding steroid dienone is 1. The second kappa shape index (κ2) is 9.17. The first kappa shape index (κ1) is 19.7. The standard InChI is InChI=1S/C19H22BrNO3S/c1-16-8-10-19(11-9-16)25(22,23)21(13-4-3-12-20)15-17-6-5-7-18(14-17)24-2/h3-11,14H,12-13,15H2,1-2H3/b4-3+. The first-order valence-electron chi connectivity index (χ1n) is 7.88. The molecule has 0 saturated carbocycles. The zero-order valence-electron chi connectivity index (χ0n) is 14.4. The Kier molecular flexibility index (Phi) is 7.23. The van der Waals surface area contributed by atoms with Crippen molar-refractivity contribution in [2.24, 2.45) is 0 Å². The molecule has 0 saturated heterocycles. The van der Waals surface area contributed by atoms with Gasteiger partial charge in [0, 0.05) is 18.4 Å². The van der Waals surface area contributed by atoms with Gasteiger partial charge in [0.1, 0.15) is 5.75 Å². The van der Waals surface area contributed by atoms with Crippen LogP contribution in [0, 0.1) is 6.92 Å². The lowest BCUT2D eigenvalue weighted by molar-refractivity contribution is 0.410. The first-order chi connectivity index (χ1) is 12.0. The maximum Gasteiger partial charge on any atom is 0.243 e. The van der Waals surface area contributed by atoms with E-state index < -0.39 is 10.0 Å². The molecule has 0 unspecified atom stereocenters. The van der Waals surface area contributed by atoms with E-state index in [1.54, 1.807) is 19.2 Å². The third-order valence-electron chi connectivity index (χ3n) is 3.72. The van der Waals surface area contributed by atoms with Crippen LogP contribution in [0.2, 0.25) is 0 Å². The largest absolute Gasteiger partial charge is 0.497 e. The van der Waals surface area contributed by atoms with E-state index >= 15 is 0 Å². The van der Waals surface area contributed by atoms with Crippen molar-refractivity contribution in [1.82, 2.24) is 4.31 Å². The number of methoxy groups -OCH3 is 1. The number of aryl methyl sites for hydroxylation is 1. The van der Waals surface area contributed by atoms with Crippen molar-refractivity contribution in [3.63, 3.8) is 0 Å². The van der Waals surface area contributed by atoms with Crippen molar-refractivity contribution in [3.05, 3.63) is 71.8 Å². The summed E-state index contributed by atoms with van der Waals surface area (Å²) in [6.07, 6.45) is 3.74. The SMILES string of the molecule is COc1cccc(CN(C/C=C/CBr)S(=O)(=O)c2ccc(C)cc2)c1. The van der Waals surface area contributed by atoms with Crippen LogP contribution in [0.5, 0.6) is 5.75 Å². The summed E-state index contributed by atoms with van der Waals surface area (Å²) in [5, 5.41) is 0.685. The van der Waals surface area contributed by atoms with Crippen LogP contribution >= 0.6 is 15.9 Å². The Bertz CT molecular complexity index is 817. The normalized spacial score (nSPS) is 12.0. The fourth-order valence-electron chi connectivity index (χ4n) is 2.34. The highest BCUT2D eigenvalue weighted by atomic mass is 79.9. The number of rotatable bonds is 8. The predicted molar refractivity (Wildman–Crippen MR) is 105 cm³/mol. The van der Waals surface area contributed by atoms with Crippen LogP contribution in [0.3, 0.4) is 0 Å². The Labute approximate surface area is 158 Å². The van der Waals surface area contributed by atoms with Crippen LogP contribution in [-0.4, -0.2) is 31.7 Å². The maximum atomic E-state index is 13.0. The Morgan fingerprint density at radius 1 is 1.12 bits per heavy atom. The summed E-state index contributed by atoms with van der Waals surface area (Å²) in [7, 11) is -1.99. The third kappa shape index (κ3) is 5.42. The van der Waals surface area contributed by atoms with E-state index in [1.807, 2.05) is 55.5 Å². The molecule has 0 atom stereocenters. The molecular formula is C19H22BrNO3S. The third-order valence-corrected chi connectivity index (χ3v) is 5.92. The molecule has 25 heavy (non-hydrogen) atoms. The van der Waals surface area contributed by atoms with Crippen molar-refractivity contribution in [3.8, 4) is 5.75 Å². The molecule has 0 spiro atoms. The lowest BCUT2D eigenvalue weighted by atomic mass is 10.2. The molecule has 0 aliphatic heterocycles. The smallest absolute Gasteiger partial charge is 0.243 e. The first-order valence-corrected chi connectivity index (χ1v) is 10.4.